The van der Waals surface area contributed by atoms with Crippen molar-refractivity contribution in [3.05, 3.63) is 97.3 Å². The van der Waals surface area contributed by atoms with Crippen molar-refractivity contribution in [1.29, 1.82) is 0 Å². The Bertz CT molecular complexity index is 1820. The SMILES string of the molecule is C.C.C.C.C[C@H]1CCCN1.C[C@H]1CCCN1c1ccc(N)c(C(F)(F)F)c1.C[C@H]1CCCN1c1ccc([N+](=O)[O-])c(C(F)(F)F)c1.O=[N+]([O-])c1ccc(F)cc1C(F)(F)F.S.S.S. The zero-order chi connectivity index (χ0) is 42.2. The van der Waals surface area contributed by atoms with Crippen LogP contribution in [0.4, 0.5) is 72.3 Å². The van der Waals surface area contributed by atoms with Gasteiger partial charge in [-0.15, -0.1) is 0 Å². The van der Waals surface area contributed by atoms with Gasteiger partial charge in [-0.25, -0.2) is 4.39 Å². The molecule has 0 radical (unpaired) electrons. The molecule has 23 heteroatoms. The zero-order valence-electron chi connectivity index (χ0n) is 32.1. The van der Waals surface area contributed by atoms with Crippen molar-refractivity contribution in [2.45, 2.75) is 126 Å². The molecule has 3 heterocycles. The number of hydrogen-bond donors (Lipinski definition) is 2. The van der Waals surface area contributed by atoms with E-state index in [2.05, 4.69) is 12.2 Å². The van der Waals surface area contributed by atoms with Gasteiger partial charge >= 0.3 is 18.5 Å². The Labute approximate surface area is 385 Å². The summed E-state index contributed by atoms with van der Waals surface area (Å²) in [5.74, 6) is -1.16. The quantitative estimate of drug-likeness (QED) is 0.114. The van der Waals surface area contributed by atoms with E-state index in [0.29, 0.717) is 36.1 Å². The second kappa shape index (κ2) is 28.9. The number of benzene rings is 3. The van der Waals surface area contributed by atoms with Gasteiger partial charge in [-0.2, -0.15) is 80.0 Å². The van der Waals surface area contributed by atoms with Crippen molar-refractivity contribution < 1.29 is 53.8 Å². The molecule has 3 saturated heterocycles. The van der Waals surface area contributed by atoms with Gasteiger partial charge in [-0.3, -0.25) is 20.2 Å². The zero-order valence-corrected chi connectivity index (χ0v) is 35.1. The summed E-state index contributed by atoms with van der Waals surface area (Å²) < 4.78 is 125. The maximum Gasteiger partial charge on any atom is 0.423 e. The van der Waals surface area contributed by atoms with Gasteiger partial charge in [-0.1, -0.05) is 29.7 Å². The number of rotatable bonds is 4. The first-order chi connectivity index (χ1) is 25.9. The molecular weight excluding hydrogens is 915 g/mol. The van der Waals surface area contributed by atoms with Crippen LogP contribution in [-0.2, 0) is 18.5 Å². The molecule has 3 atom stereocenters. The third-order valence-corrected chi connectivity index (χ3v) is 9.36. The Hall–Kier alpha value is -3.83. The van der Waals surface area contributed by atoms with Gasteiger partial charge in [0.1, 0.15) is 16.9 Å². The molecular formula is C40H64F10N6O4S3. The first-order valence-corrected chi connectivity index (χ1v) is 17.5. The first kappa shape index (κ1) is 68.2. The number of nitrogens with zero attached hydrogens (tertiary/aromatic N) is 4. The maximum atomic E-state index is 12.8. The highest BCUT2D eigenvalue weighted by Crippen LogP contribution is 2.40. The Morgan fingerprint density at radius 2 is 0.984 bits per heavy atom. The van der Waals surface area contributed by atoms with E-state index in [-0.39, 0.29) is 88.0 Å². The summed E-state index contributed by atoms with van der Waals surface area (Å²) in [5, 5.41) is 24.1. The molecule has 3 fully saturated rings. The van der Waals surface area contributed by atoms with Gasteiger partial charge in [0.15, 0.2) is 0 Å². The molecule has 3 aromatic carbocycles. The number of hydrogen-bond acceptors (Lipinski definition) is 8. The number of nitrogen functional groups attached to an aromatic ring is 1. The largest absolute Gasteiger partial charge is 0.423 e. The fraction of sp³-hybridized carbons (Fsp3) is 0.550. The highest BCUT2D eigenvalue weighted by molar-refractivity contribution is 7.59. The number of nitrogens with one attached hydrogen (secondary N) is 1. The first-order valence-electron chi connectivity index (χ1n) is 17.5. The van der Waals surface area contributed by atoms with Crippen molar-refractivity contribution in [2.24, 2.45) is 0 Å². The maximum absolute atomic E-state index is 12.8. The lowest BCUT2D eigenvalue weighted by atomic mass is 10.1. The van der Waals surface area contributed by atoms with E-state index < -0.39 is 62.3 Å². The van der Waals surface area contributed by atoms with Crippen molar-refractivity contribution in [1.82, 2.24) is 5.32 Å². The third kappa shape index (κ3) is 19.8. The van der Waals surface area contributed by atoms with Crippen LogP contribution in [0.25, 0.3) is 0 Å². The lowest BCUT2D eigenvalue weighted by molar-refractivity contribution is -0.388. The lowest BCUT2D eigenvalue weighted by Gasteiger charge is -2.25. The minimum absolute atomic E-state index is 0. The van der Waals surface area contributed by atoms with E-state index in [4.69, 9.17) is 5.73 Å². The molecule has 366 valence electrons. The molecule has 0 spiro atoms. The van der Waals surface area contributed by atoms with Crippen LogP contribution in [0.3, 0.4) is 0 Å². The van der Waals surface area contributed by atoms with Crippen molar-refractivity contribution >= 4 is 68.9 Å². The monoisotopic (exact) mass is 978 g/mol. The summed E-state index contributed by atoms with van der Waals surface area (Å²) in [4.78, 5) is 22.5. The van der Waals surface area contributed by atoms with Crippen LogP contribution in [0.15, 0.2) is 54.6 Å². The minimum atomic E-state index is -4.93. The number of nitro groups is 2. The molecule has 3 N–H and O–H groups in total. The lowest BCUT2D eigenvalue weighted by Crippen LogP contribution is -2.26. The fourth-order valence-electron chi connectivity index (χ4n) is 6.44. The van der Waals surface area contributed by atoms with Crippen LogP contribution < -0.4 is 20.9 Å². The molecule has 0 amide bonds. The molecule has 0 aromatic heterocycles. The van der Waals surface area contributed by atoms with Crippen molar-refractivity contribution in [3.63, 3.8) is 0 Å². The molecule has 0 unspecified atom stereocenters. The highest BCUT2D eigenvalue weighted by Gasteiger charge is 2.40. The molecule has 3 aromatic rings. The molecule has 3 aliphatic heterocycles. The Morgan fingerprint density at radius 3 is 1.30 bits per heavy atom. The van der Waals surface area contributed by atoms with Crippen LogP contribution in [-0.4, -0.2) is 47.6 Å². The molecule has 10 nitrogen and oxygen atoms in total. The van der Waals surface area contributed by atoms with Crippen LogP contribution in [0, 0.1) is 26.0 Å². The average Bonchev–Trinajstić information content (AvgIpc) is 3.87. The predicted molar refractivity (Wildman–Crippen MR) is 249 cm³/mol. The van der Waals surface area contributed by atoms with Crippen molar-refractivity contribution in [2.75, 3.05) is 35.2 Å². The summed E-state index contributed by atoms with van der Waals surface area (Å²) in [6, 6.07) is 9.77. The number of nitro benzene ring substituents is 2. The Morgan fingerprint density at radius 1 is 0.603 bits per heavy atom. The average molecular weight is 979 g/mol. The second-order valence-corrected chi connectivity index (χ2v) is 13.5. The van der Waals surface area contributed by atoms with E-state index >= 15 is 0 Å². The van der Waals surface area contributed by atoms with E-state index in [1.54, 1.807) is 6.07 Å². The summed E-state index contributed by atoms with van der Waals surface area (Å²) >= 11 is 0. The van der Waals surface area contributed by atoms with Gasteiger partial charge in [0.2, 0.25) is 0 Å². The van der Waals surface area contributed by atoms with Gasteiger partial charge in [0.05, 0.1) is 15.4 Å². The normalized spacial score (nSPS) is 17.4. The van der Waals surface area contributed by atoms with Gasteiger partial charge in [0, 0.05) is 60.4 Å². The van der Waals surface area contributed by atoms with E-state index in [0.717, 1.165) is 56.5 Å². The van der Waals surface area contributed by atoms with E-state index in [1.165, 1.54) is 31.5 Å². The van der Waals surface area contributed by atoms with Crippen LogP contribution in [0.2, 0.25) is 0 Å². The number of anilines is 3. The number of halogens is 10. The number of nitrogens with two attached hydrogens (primary N) is 1. The van der Waals surface area contributed by atoms with Crippen LogP contribution in [0.5, 0.6) is 0 Å². The number of alkyl halides is 9. The van der Waals surface area contributed by atoms with Crippen molar-refractivity contribution in [3.8, 4) is 0 Å². The summed E-state index contributed by atoms with van der Waals surface area (Å²) in [6.45, 7) is 8.91. The molecule has 0 bridgehead atoms. The third-order valence-electron chi connectivity index (χ3n) is 9.36. The summed E-state index contributed by atoms with van der Waals surface area (Å²) in [5.41, 5.74) is 0.593. The summed E-state index contributed by atoms with van der Waals surface area (Å²) in [6.07, 6.45) is -7.41. The van der Waals surface area contributed by atoms with Crippen LogP contribution in [0.1, 0.15) is 106 Å². The van der Waals surface area contributed by atoms with E-state index in [9.17, 15) is 64.1 Å². The van der Waals surface area contributed by atoms with Crippen LogP contribution >= 0.6 is 40.5 Å². The van der Waals surface area contributed by atoms with Gasteiger partial charge < -0.3 is 20.9 Å². The standard InChI is InChI=1S/C12H13F3N2O2.C12H15F3N2.C7H3F4NO2.C5H11N.4CH4.3H2S/c1-8-3-2-6-16(8)9-4-5-11(17(18)19)10(7-9)12(13,14)15;1-8-3-2-6-17(8)9-4-5-11(16)10(7-9)12(13,14)15;8-4-1-2-6(12(13)14)5(3-4)7(9,10)11;1-5-3-2-4-6-5;;;;;;;/h4-5,7-8H,2-3,6H2,1H3;4-5,7-8H,2-3,6,16H2,1H3;1-3H;5-6H,2-4H2,1H3;4*1H4;3*1H2/t2*8-;;5-;;;;;;;/m00.0......./s1. The highest BCUT2D eigenvalue weighted by atomic mass is 32.1. The second-order valence-electron chi connectivity index (χ2n) is 13.5. The Balaban J connectivity index is -0.000000239. The minimum Gasteiger partial charge on any atom is -0.398 e. The van der Waals surface area contributed by atoms with Gasteiger partial charge in [0.25, 0.3) is 11.4 Å². The molecule has 63 heavy (non-hydrogen) atoms. The molecule has 3 aliphatic rings. The predicted octanol–water partition coefficient (Wildman–Crippen LogP) is 13.3. The molecule has 0 aliphatic carbocycles. The Kier molecular flexibility index (Phi) is 31.3. The van der Waals surface area contributed by atoms with Gasteiger partial charge in [-0.05, 0) is 108 Å². The smallest absolute Gasteiger partial charge is 0.398 e. The molecule has 6 rings (SSSR count). The summed E-state index contributed by atoms with van der Waals surface area (Å²) in [7, 11) is 0. The fourth-order valence-corrected chi connectivity index (χ4v) is 6.44. The molecule has 0 saturated carbocycles. The van der Waals surface area contributed by atoms with E-state index in [1.807, 2.05) is 23.6 Å². The topological polar surface area (TPSA) is 131 Å².